The molecule has 0 radical (unpaired) electrons. The maximum absolute atomic E-state index is 13.4. The van der Waals surface area contributed by atoms with Crippen LogP contribution in [0, 0.1) is 5.82 Å². The van der Waals surface area contributed by atoms with Crippen LogP contribution in [0.5, 0.6) is 5.75 Å². The molecule has 0 atom stereocenters. The van der Waals surface area contributed by atoms with Crippen molar-refractivity contribution in [3.05, 3.63) is 71.6 Å². The van der Waals surface area contributed by atoms with Gasteiger partial charge in [0.1, 0.15) is 11.6 Å². The second-order valence-electron chi connectivity index (χ2n) is 4.42. The highest BCUT2D eigenvalue weighted by atomic mass is 19.1. The Bertz CT molecular complexity index is 635. The van der Waals surface area contributed by atoms with Crippen LogP contribution < -0.4 is 10.1 Å². The van der Waals surface area contributed by atoms with Gasteiger partial charge in [-0.1, -0.05) is 30.3 Å². The van der Waals surface area contributed by atoms with Crippen LogP contribution in [0.25, 0.3) is 6.08 Å². The van der Waals surface area contributed by atoms with E-state index in [1.54, 1.807) is 25.3 Å². The fourth-order valence-corrected chi connectivity index (χ4v) is 1.77. The summed E-state index contributed by atoms with van der Waals surface area (Å²) in [6.07, 6.45) is 2.78. The first-order valence-electron chi connectivity index (χ1n) is 6.52. The van der Waals surface area contributed by atoms with E-state index in [-0.39, 0.29) is 11.7 Å². The number of methoxy groups -OCH3 is 1. The second-order valence-corrected chi connectivity index (χ2v) is 4.42. The van der Waals surface area contributed by atoms with Crippen LogP contribution in [0.15, 0.2) is 54.6 Å². The topological polar surface area (TPSA) is 38.3 Å². The summed E-state index contributed by atoms with van der Waals surface area (Å²) in [5.41, 5.74) is 1.35. The standard InChI is InChI=1S/C17H16FNO2/c1-21-15-9-6-13(7-10-15)12-19-17(20)11-8-14-4-2-3-5-16(14)18/h2-11H,12H2,1H3,(H,19,20)/b11-8+. The van der Waals surface area contributed by atoms with Gasteiger partial charge in [0, 0.05) is 18.2 Å². The van der Waals surface area contributed by atoms with Gasteiger partial charge in [0.05, 0.1) is 7.11 Å². The number of hydrogen-bond acceptors (Lipinski definition) is 2. The average molecular weight is 285 g/mol. The van der Waals surface area contributed by atoms with E-state index in [9.17, 15) is 9.18 Å². The van der Waals surface area contributed by atoms with Gasteiger partial charge in [-0.25, -0.2) is 4.39 Å². The van der Waals surface area contributed by atoms with Gasteiger partial charge < -0.3 is 10.1 Å². The molecule has 1 N–H and O–H groups in total. The lowest BCUT2D eigenvalue weighted by Crippen LogP contribution is -2.20. The number of benzene rings is 2. The van der Waals surface area contributed by atoms with E-state index < -0.39 is 0 Å². The first-order chi connectivity index (χ1) is 10.2. The van der Waals surface area contributed by atoms with Crippen molar-refractivity contribution in [1.29, 1.82) is 0 Å². The Balaban J connectivity index is 1.88. The quantitative estimate of drug-likeness (QED) is 0.857. The molecule has 0 aliphatic rings. The Morgan fingerprint density at radius 3 is 2.57 bits per heavy atom. The fraction of sp³-hybridized carbons (Fsp3) is 0.118. The van der Waals surface area contributed by atoms with Crippen molar-refractivity contribution in [2.24, 2.45) is 0 Å². The third kappa shape index (κ3) is 4.45. The third-order valence-electron chi connectivity index (χ3n) is 2.95. The molecule has 2 rings (SSSR count). The Morgan fingerprint density at radius 1 is 1.19 bits per heavy atom. The van der Waals surface area contributed by atoms with Crippen molar-refractivity contribution in [3.8, 4) is 5.75 Å². The summed E-state index contributed by atoms with van der Waals surface area (Å²) in [6, 6.07) is 13.7. The minimum atomic E-state index is -0.350. The van der Waals surface area contributed by atoms with Crippen LogP contribution in [0.2, 0.25) is 0 Å². The minimum absolute atomic E-state index is 0.269. The van der Waals surface area contributed by atoms with E-state index in [0.29, 0.717) is 12.1 Å². The number of rotatable bonds is 5. The average Bonchev–Trinajstić information content (AvgIpc) is 2.52. The van der Waals surface area contributed by atoms with Crippen molar-refractivity contribution in [2.45, 2.75) is 6.54 Å². The molecule has 2 aromatic carbocycles. The Morgan fingerprint density at radius 2 is 1.90 bits per heavy atom. The molecule has 0 aliphatic carbocycles. The SMILES string of the molecule is COc1ccc(CNC(=O)/C=C/c2ccccc2F)cc1. The normalized spacial score (nSPS) is 10.6. The first kappa shape index (κ1) is 14.8. The lowest BCUT2D eigenvalue weighted by Gasteiger charge is -2.04. The number of carbonyl (C=O) groups is 1. The molecule has 0 aromatic heterocycles. The first-order valence-corrected chi connectivity index (χ1v) is 6.52. The smallest absolute Gasteiger partial charge is 0.244 e. The highest BCUT2D eigenvalue weighted by molar-refractivity contribution is 5.91. The molecule has 21 heavy (non-hydrogen) atoms. The zero-order valence-corrected chi connectivity index (χ0v) is 11.7. The summed E-state index contributed by atoms with van der Waals surface area (Å²) < 4.78 is 18.4. The van der Waals surface area contributed by atoms with E-state index in [1.165, 1.54) is 18.2 Å². The molecule has 0 aliphatic heterocycles. The summed E-state index contributed by atoms with van der Waals surface area (Å²) in [4.78, 5) is 11.7. The maximum Gasteiger partial charge on any atom is 0.244 e. The number of ether oxygens (including phenoxy) is 1. The molecular formula is C17H16FNO2. The summed E-state index contributed by atoms with van der Waals surface area (Å²) in [5, 5.41) is 2.74. The maximum atomic E-state index is 13.4. The Kier molecular flexibility index (Phi) is 5.10. The minimum Gasteiger partial charge on any atom is -0.497 e. The van der Waals surface area contributed by atoms with Crippen LogP contribution in [0.1, 0.15) is 11.1 Å². The molecule has 0 saturated carbocycles. The number of carbonyl (C=O) groups excluding carboxylic acids is 1. The highest BCUT2D eigenvalue weighted by Crippen LogP contribution is 2.11. The molecule has 1 amide bonds. The van der Waals surface area contributed by atoms with Crippen LogP contribution in [-0.2, 0) is 11.3 Å². The summed E-state index contributed by atoms with van der Waals surface area (Å²) in [7, 11) is 1.60. The number of halogens is 1. The van der Waals surface area contributed by atoms with Crippen molar-refractivity contribution in [1.82, 2.24) is 5.32 Å². The van der Waals surface area contributed by atoms with Gasteiger partial charge in [0.25, 0.3) is 0 Å². The molecular weight excluding hydrogens is 269 g/mol. The Labute approximate surface area is 123 Å². The lowest BCUT2D eigenvalue weighted by atomic mass is 10.2. The molecule has 0 spiro atoms. The molecule has 0 bridgehead atoms. The van der Waals surface area contributed by atoms with Crippen molar-refractivity contribution in [2.75, 3.05) is 7.11 Å². The molecule has 2 aromatic rings. The van der Waals surface area contributed by atoms with Crippen molar-refractivity contribution >= 4 is 12.0 Å². The van der Waals surface area contributed by atoms with Crippen LogP contribution in [0.3, 0.4) is 0 Å². The van der Waals surface area contributed by atoms with E-state index >= 15 is 0 Å². The molecule has 0 saturated heterocycles. The third-order valence-corrected chi connectivity index (χ3v) is 2.95. The zero-order chi connectivity index (χ0) is 15.1. The van der Waals surface area contributed by atoms with Gasteiger partial charge in [0.15, 0.2) is 0 Å². The van der Waals surface area contributed by atoms with Gasteiger partial charge in [-0.05, 0) is 29.8 Å². The number of nitrogens with one attached hydrogen (secondary N) is 1. The lowest BCUT2D eigenvalue weighted by molar-refractivity contribution is -0.116. The van der Waals surface area contributed by atoms with E-state index in [0.717, 1.165) is 11.3 Å². The molecule has 0 heterocycles. The van der Waals surface area contributed by atoms with Crippen LogP contribution in [0.4, 0.5) is 4.39 Å². The summed E-state index contributed by atoms with van der Waals surface area (Å²) in [6.45, 7) is 0.407. The van der Waals surface area contributed by atoms with Gasteiger partial charge in [-0.2, -0.15) is 0 Å². The Hall–Kier alpha value is -2.62. The molecule has 0 fully saturated rings. The van der Waals surface area contributed by atoms with Crippen LogP contribution >= 0.6 is 0 Å². The van der Waals surface area contributed by atoms with Gasteiger partial charge in [-0.3, -0.25) is 4.79 Å². The number of hydrogen-bond donors (Lipinski definition) is 1. The summed E-state index contributed by atoms with van der Waals surface area (Å²) in [5.74, 6) is 0.148. The van der Waals surface area contributed by atoms with Crippen molar-refractivity contribution < 1.29 is 13.9 Å². The van der Waals surface area contributed by atoms with E-state index in [4.69, 9.17) is 4.74 Å². The van der Waals surface area contributed by atoms with Gasteiger partial charge >= 0.3 is 0 Å². The molecule has 108 valence electrons. The molecule has 3 nitrogen and oxygen atoms in total. The van der Waals surface area contributed by atoms with E-state index in [1.807, 2.05) is 24.3 Å². The van der Waals surface area contributed by atoms with Crippen LogP contribution in [-0.4, -0.2) is 13.0 Å². The predicted molar refractivity (Wildman–Crippen MR) is 80.3 cm³/mol. The predicted octanol–water partition coefficient (Wildman–Crippen LogP) is 3.16. The second kappa shape index (κ2) is 7.24. The largest absolute Gasteiger partial charge is 0.497 e. The number of amides is 1. The fourth-order valence-electron chi connectivity index (χ4n) is 1.77. The van der Waals surface area contributed by atoms with E-state index in [2.05, 4.69) is 5.32 Å². The van der Waals surface area contributed by atoms with Gasteiger partial charge in [-0.15, -0.1) is 0 Å². The molecule has 0 unspecified atom stereocenters. The zero-order valence-electron chi connectivity index (χ0n) is 11.7. The highest BCUT2D eigenvalue weighted by Gasteiger charge is 1.99. The monoisotopic (exact) mass is 285 g/mol. The molecule has 4 heteroatoms. The van der Waals surface area contributed by atoms with Gasteiger partial charge in [0.2, 0.25) is 5.91 Å². The summed E-state index contributed by atoms with van der Waals surface area (Å²) >= 11 is 0. The van der Waals surface area contributed by atoms with Crippen molar-refractivity contribution in [3.63, 3.8) is 0 Å².